The van der Waals surface area contributed by atoms with Crippen molar-refractivity contribution in [2.75, 3.05) is 0 Å². The number of hydrogen-bond acceptors (Lipinski definition) is 4. The molecule has 1 aromatic rings. The zero-order valence-corrected chi connectivity index (χ0v) is 11.9. The Morgan fingerprint density at radius 1 is 1.37 bits per heavy atom. The van der Waals surface area contributed by atoms with E-state index >= 15 is 0 Å². The van der Waals surface area contributed by atoms with E-state index in [9.17, 15) is 13.0 Å². The summed E-state index contributed by atoms with van der Waals surface area (Å²) in [4.78, 5) is 0. The van der Waals surface area contributed by atoms with Crippen LogP contribution in [0.15, 0.2) is 30.3 Å². The van der Waals surface area contributed by atoms with E-state index in [1.165, 1.54) is 0 Å². The standard InChI is InChI=1S/C12H16N2O3S.Li/c1-11(6-5-9-13)14(18(15,16)17)10-12-7-3-2-4-8-12;/h2-4,7-8,11H,5-6,10H2,1H3,(H,15,16,17);/q;+1/p-1/t11-;/m0./s1. The number of nitrogens with zero attached hydrogens (tertiary/aromatic N) is 2. The van der Waals surface area contributed by atoms with Gasteiger partial charge in [0, 0.05) is 19.0 Å². The minimum Gasteiger partial charge on any atom is -0.735 e. The van der Waals surface area contributed by atoms with Gasteiger partial charge in [-0.15, -0.1) is 0 Å². The Kier molecular flexibility index (Phi) is 8.01. The van der Waals surface area contributed by atoms with Crippen LogP contribution >= 0.6 is 0 Å². The number of benzene rings is 1. The first-order valence-electron chi connectivity index (χ1n) is 5.58. The van der Waals surface area contributed by atoms with Gasteiger partial charge in [-0.05, 0) is 18.9 Å². The van der Waals surface area contributed by atoms with Crippen LogP contribution in [0.2, 0.25) is 0 Å². The maximum atomic E-state index is 11.2. The molecule has 0 heterocycles. The Morgan fingerprint density at radius 2 is 1.95 bits per heavy atom. The zero-order chi connectivity index (χ0) is 13.6. The van der Waals surface area contributed by atoms with Gasteiger partial charge in [-0.25, -0.2) is 12.7 Å². The van der Waals surface area contributed by atoms with E-state index in [4.69, 9.17) is 5.26 Å². The molecule has 0 radical (unpaired) electrons. The predicted molar refractivity (Wildman–Crippen MR) is 66.0 cm³/mol. The topological polar surface area (TPSA) is 84.2 Å². The number of nitriles is 1. The third-order valence-corrected chi connectivity index (χ3v) is 3.70. The molecule has 0 saturated carbocycles. The molecule has 0 N–H and O–H groups in total. The van der Waals surface area contributed by atoms with Gasteiger partial charge in [0.15, 0.2) is 10.3 Å². The van der Waals surface area contributed by atoms with E-state index in [0.29, 0.717) is 6.42 Å². The summed E-state index contributed by atoms with van der Waals surface area (Å²) in [7, 11) is -4.52. The van der Waals surface area contributed by atoms with Crippen LogP contribution in [0.4, 0.5) is 0 Å². The minimum atomic E-state index is -4.52. The van der Waals surface area contributed by atoms with Crippen LogP contribution in [0.5, 0.6) is 0 Å². The Labute approximate surface area is 126 Å². The van der Waals surface area contributed by atoms with E-state index in [0.717, 1.165) is 9.87 Å². The molecule has 0 fully saturated rings. The van der Waals surface area contributed by atoms with Crippen molar-refractivity contribution < 1.29 is 31.8 Å². The molecule has 1 rings (SSSR count). The molecule has 0 aliphatic rings. The first-order valence-corrected chi connectivity index (χ1v) is 6.95. The van der Waals surface area contributed by atoms with E-state index in [-0.39, 0.29) is 31.8 Å². The maximum Gasteiger partial charge on any atom is 1.00 e. The van der Waals surface area contributed by atoms with Crippen LogP contribution in [0.1, 0.15) is 25.3 Å². The summed E-state index contributed by atoms with van der Waals surface area (Å²) in [5.74, 6) is 0. The van der Waals surface area contributed by atoms with Gasteiger partial charge in [0.1, 0.15) is 0 Å². The van der Waals surface area contributed by atoms with Crippen molar-refractivity contribution in [1.29, 1.82) is 5.26 Å². The summed E-state index contributed by atoms with van der Waals surface area (Å²) in [6.45, 7) is 1.68. The normalized spacial score (nSPS) is 12.5. The van der Waals surface area contributed by atoms with E-state index in [2.05, 4.69) is 0 Å². The molecule has 0 aliphatic heterocycles. The molecular weight excluding hydrogens is 259 g/mol. The van der Waals surface area contributed by atoms with Crippen LogP contribution in [-0.4, -0.2) is 23.3 Å². The van der Waals surface area contributed by atoms with Gasteiger partial charge in [-0.1, -0.05) is 30.3 Å². The SMILES string of the molecule is C[C@@H](CCC#N)N(Cc1ccccc1)S(=O)(=O)[O-].[Li+]. The van der Waals surface area contributed by atoms with Crippen LogP contribution < -0.4 is 18.9 Å². The second kappa shape index (κ2) is 8.37. The van der Waals surface area contributed by atoms with Crippen LogP contribution in [0, 0.1) is 11.3 Å². The quantitative estimate of drug-likeness (QED) is 0.474. The molecule has 7 heteroatoms. The van der Waals surface area contributed by atoms with Crippen molar-refractivity contribution in [2.45, 2.75) is 32.4 Å². The molecule has 0 amide bonds. The van der Waals surface area contributed by atoms with Gasteiger partial charge in [-0.2, -0.15) is 5.26 Å². The first-order chi connectivity index (χ1) is 8.45. The fraction of sp³-hybridized carbons (Fsp3) is 0.417. The van der Waals surface area contributed by atoms with E-state index in [1.807, 2.05) is 12.1 Å². The van der Waals surface area contributed by atoms with Crippen LogP contribution in [0.25, 0.3) is 0 Å². The molecule has 0 aromatic heterocycles. The molecular formula is C12H15LiN2O3S. The fourth-order valence-corrected chi connectivity index (χ4v) is 2.49. The van der Waals surface area contributed by atoms with Gasteiger partial charge in [0.2, 0.25) is 0 Å². The predicted octanol–water partition coefficient (Wildman–Crippen LogP) is -1.35. The average molecular weight is 274 g/mol. The van der Waals surface area contributed by atoms with Crippen molar-refractivity contribution in [3.63, 3.8) is 0 Å². The van der Waals surface area contributed by atoms with Crippen LogP contribution in [0.3, 0.4) is 0 Å². The van der Waals surface area contributed by atoms with E-state index in [1.54, 1.807) is 31.2 Å². The summed E-state index contributed by atoms with van der Waals surface area (Å²) >= 11 is 0. The van der Waals surface area contributed by atoms with Crippen molar-refractivity contribution in [2.24, 2.45) is 0 Å². The second-order valence-corrected chi connectivity index (χ2v) is 5.36. The van der Waals surface area contributed by atoms with Crippen molar-refractivity contribution in [3.05, 3.63) is 35.9 Å². The minimum absolute atomic E-state index is 0. The van der Waals surface area contributed by atoms with E-state index < -0.39 is 16.3 Å². The largest absolute Gasteiger partial charge is 1.00 e. The molecule has 0 bridgehead atoms. The van der Waals surface area contributed by atoms with Gasteiger partial charge in [0.25, 0.3) is 0 Å². The molecule has 0 spiro atoms. The molecule has 0 saturated heterocycles. The summed E-state index contributed by atoms with van der Waals surface area (Å²) in [5.41, 5.74) is 0.751. The van der Waals surface area contributed by atoms with Crippen LogP contribution in [-0.2, 0) is 16.8 Å². The van der Waals surface area contributed by atoms with Crippen molar-refractivity contribution >= 4 is 10.3 Å². The Morgan fingerprint density at radius 3 is 2.42 bits per heavy atom. The molecule has 0 unspecified atom stereocenters. The maximum absolute atomic E-state index is 11.2. The van der Waals surface area contributed by atoms with Crippen molar-refractivity contribution in [3.8, 4) is 6.07 Å². The summed E-state index contributed by atoms with van der Waals surface area (Å²) in [5, 5.41) is 8.49. The Balaban J connectivity index is 0.00000324. The third kappa shape index (κ3) is 6.24. The third-order valence-electron chi connectivity index (χ3n) is 2.63. The molecule has 19 heavy (non-hydrogen) atoms. The Bertz CT molecular complexity index is 514. The fourth-order valence-electron chi connectivity index (χ4n) is 1.64. The van der Waals surface area contributed by atoms with Gasteiger partial charge < -0.3 is 4.55 Å². The summed E-state index contributed by atoms with van der Waals surface area (Å²) in [6.07, 6.45) is 0.576. The monoisotopic (exact) mass is 274 g/mol. The number of rotatable bonds is 6. The molecule has 0 aliphatic carbocycles. The Hall–Kier alpha value is -0.823. The first kappa shape index (κ1) is 18.2. The van der Waals surface area contributed by atoms with Crippen molar-refractivity contribution in [1.82, 2.24) is 4.31 Å². The average Bonchev–Trinajstić information content (AvgIpc) is 2.33. The summed E-state index contributed by atoms with van der Waals surface area (Å²) in [6, 6.07) is 10.4. The molecule has 5 nitrogen and oxygen atoms in total. The van der Waals surface area contributed by atoms with Gasteiger partial charge in [0.05, 0.1) is 6.07 Å². The summed E-state index contributed by atoms with van der Waals surface area (Å²) < 4.78 is 34.6. The van der Waals surface area contributed by atoms with Gasteiger partial charge >= 0.3 is 18.9 Å². The number of hydrogen-bond donors (Lipinski definition) is 0. The molecule has 1 aromatic carbocycles. The van der Waals surface area contributed by atoms with Gasteiger partial charge in [-0.3, -0.25) is 0 Å². The molecule has 1 atom stereocenters. The smallest absolute Gasteiger partial charge is 0.735 e. The second-order valence-electron chi connectivity index (χ2n) is 4.03. The molecule has 98 valence electrons. The zero-order valence-electron chi connectivity index (χ0n) is 11.1.